The molecule has 16 heavy (non-hydrogen) atoms. The van der Waals surface area contributed by atoms with Gasteiger partial charge in [-0.05, 0) is 0 Å². The molecule has 0 aromatic carbocycles. The molecule has 0 aliphatic carbocycles. The Morgan fingerprint density at radius 1 is 1.38 bits per heavy atom. The number of hydrogen-bond donors (Lipinski definition) is 0. The van der Waals surface area contributed by atoms with Crippen LogP contribution in [0.4, 0.5) is 13.2 Å². The van der Waals surface area contributed by atoms with Gasteiger partial charge in [-0.25, -0.2) is 8.37 Å². The Labute approximate surface area is 88.5 Å². The third kappa shape index (κ3) is 3.28. The summed E-state index contributed by atoms with van der Waals surface area (Å²) in [6, 6.07) is 0. The highest BCUT2D eigenvalue weighted by molar-refractivity contribution is 7.87. The highest BCUT2D eigenvalue weighted by Crippen LogP contribution is 2.25. The van der Waals surface area contributed by atoms with Gasteiger partial charge >= 0.3 is 26.0 Å². The second-order valence-corrected chi connectivity index (χ2v) is 5.45. The summed E-state index contributed by atoms with van der Waals surface area (Å²) in [5.74, 6) is 0. The van der Waals surface area contributed by atoms with Crippen LogP contribution < -0.4 is 0 Å². The maximum Gasteiger partial charge on any atom is 0.523 e. The Bertz CT molecular complexity index is 449. The molecule has 7 nitrogen and oxygen atoms in total. The van der Waals surface area contributed by atoms with Crippen molar-refractivity contribution in [2.45, 2.75) is 11.6 Å². The molecule has 0 radical (unpaired) electrons. The Morgan fingerprint density at radius 2 is 1.94 bits per heavy atom. The topological polar surface area (TPSA) is 96.0 Å². The second kappa shape index (κ2) is 4.10. The molecular formula is C4H5F3O7S2. The molecule has 1 saturated heterocycles. The molecule has 1 heterocycles. The average Bonchev–Trinajstić information content (AvgIpc) is 2.40. The van der Waals surface area contributed by atoms with Gasteiger partial charge in [0.1, 0.15) is 6.10 Å². The van der Waals surface area contributed by atoms with Gasteiger partial charge in [0.15, 0.2) is 0 Å². The third-order valence-corrected chi connectivity index (χ3v) is 3.29. The normalized spacial score (nSPS) is 25.8. The van der Waals surface area contributed by atoms with Crippen molar-refractivity contribution < 1.29 is 42.6 Å². The van der Waals surface area contributed by atoms with Crippen LogP contribution in [0.5, 0.6) is 0 Å². The molecule has 0 aromatic rings. The molecule has 1 atom stereocenters. The van der Waals surface area contributed by atoms with Crippen molar-refractivity contribution in [3.05, 3.63) is 0 Å². The fraction of sp³-hybridized carbons (Fsp3) is 1.00. The molecule has 0 bridgehead atoms. The van der Waals surface area contributed by atoms with Gasteiger partial charge in [-0.1, -0.05) is 0 Å². The summed E-state index contributed by atoms with van der Waals surface area (Å²) in [7, 11) is -10.0. The lowest BCUT2D eigenvalue weighted by molar-refractivity contribution is -0.0557. The quantitative estimate of drug-likeness (QED) is 0.510. The number of rotatable bonds is 3. The van der Waals surface area contributed by atoms with Crippen LogP contribution in [-0.2, 0) is 33.1 Å². The van der Waals surface area contributed by atoms with Crippen LogP contribution in [0.3, 0.4) is 0 Å². The molecule has 1 aliphatic rings. The van der Waals surface area contributed by atoms with E-state index in [9.17, 15) is 30.0 Å². The van der Waals surface area contributed by atoms with E-state index < -0.39 is 45.3 Å². The van der Waals surface area contributed by atoms with E-state index in [1.165, 1.54) is 0 Å². The predicted octanol–water partition coefficient (Wildman–Crippen LogP) is -0.487. The minimum Gasteiger partial charge on any atom is -0.260 e. The summed E-state index contributed by atoms with van der Waals surface area (Å²) < 4.78 is 88.6. The minimum atomic E-state index is -5.75. The standard InChI is InChI=1S/C4H5F3O7S2/c5-4(6,7)15(8,9)12-1-3-2-13-16(10,11)14-3/h3H,1-2H2. The summed E-state index contributed by atoms with van der Waals surface area (Å²) in [6.07, 6.45) is -1.41. The Hall–Kier alpha value is -0.430. The van der Waals surface area contributed by atoms with E-state index in [0.29, 0.717) is 0 Å². The van der Waals surface area contributed by atoms with Crippen LogP contribution in [0.1, 0.15) is 0 Å². The van der Waals surface area contributed by atoms with Crippen molar-refractivity contribution in [2.24, 2.45) is 0 Å². The highest BCUT2D eigenvalue weighted by Gasteiger charge is 2.48. The average molecular weight is 286 g/mol. The van der Waals surface area contributed by atoms with E-state index >= 15 is 0 Å². The van der Waals surface area contributed by atoms with Crippen molar-refractivity contribution in [3.63, 3.8) is 0 Å². The van der Waals surface area contributed by atoms with Crippen molar-refractivity contribution in [2.75, 3.05) is 13.2 Å². The Kier molecular flexibility index (Phi) is 3.50. The highest BCUT2D eigenvalue weighted by atomic mass is 32.3. The molecule has 1 unspecified atom stereocenters. The molecule has 96 valence electrons. The van der Waals surface area contributed by atoms with Crippen LogP contribution in [0.25, 0.3) is 0 Å². The number of alkyl halides is 3. The van der Waals surface area contributed by atoms with Gasteiger partial charge in [0.2, 0.25) is 0 Å². The van der Waals surface area contributed by atoms with Crippen LogP contribution >= 0.6 is 0 Å². The summed E-state index contributed by atoms with van der Waals surface area (Å²) in [5, 5.41) is 0. The van der Waals surface area contributed by atoms with Gasteiger partial charge in [-0.3, -0.25) is 4.18 Å². The number of halogens is 3. The van der Waals surface area contributed by atoms with Crippen LogP contribution in [0, 0.1) is 0 Å². The van der Waals surface area contributed by atoms with E-state index in [2.05, 4.69) is 12.5 Å². The predicted molar refractivity (Wildman–Crippen MR) is 40.7 cm³/mol. The number of hydrogen-bond acceptors (Lipinski definition) is 7. The molecule has 0 aromatic heterocycles. The lowest BCUT2D eigenvalue weighted by Gasteiger charge is -2.09. The summed E-state index contributed by atoms with van der Waals surface area (Å²) in [6.45, 7) is -1.70. The van der Waals surface area contributed by atoms with E-state index in [-0.39, 0.29) is 0 Å². The Morgan fingerprint density at radius 3 is 2.31 bits per heavy atom. The fourth-order valence-electron chi connectivity index (χ4n) is 0.690. The minimum absolute atomic E-state index is 0.601. The van der Waals surface area contributed by atoms with Gasteiger partial charge in [-0.15, -0.1) is 0 Å². The molecule has 0 amide bonds. The largest absolute Gasteiger partial charge is 0.523 e. The van der Waals surface area contributed by atoms with Crippen LogP contribution in [-0.4, -0.2) is 41.7 Å². The van der Waals surface area contributed by atoms with E-state index in [4.69, 9.17) is 0 Å². The van der Waals surface area contributed by atoms with Gasteiger partial charge in [0.05, 0.1) is 13.2 Å². The first-order valence-electron chi connectivity index (χ1n) is 3.57. The first-order chi connectivity index (χ1) is 7.04. The molecule has 0 spiro atoms. The molecular weight excluding hydrogens is 281 g/mol. The molecule has 1 rings (SSSR count). The molecule has 1 aliphatic heterocycles. The van der Waals surface area contributed by atoms with Crippen molar-refractivity contribution in [1.82, 2.24) is 0 Å². The lowest BCUT2D eigenvalue weighted by atomic mass is 10.4. The van der Waals surface area contributed by atoms with E-state index in [1.807, 2.05) is 0 Å². The monoisotopic (exact) mass is 286 g/mol. The summed E-state index contributed by atoms with van der Waals surface area (Å²) in [4.78, 5) is 0. The summed E-state index contributed by atoms with van der Waals surface area (Å²) in [5.41, 5.74) is -5.56. The third-order valence-electron chi connectivity index (χ3n) is 1.34. The first-order valence-corrected chi connectivity index (χ1v) is 6.31. The molecule has 12 heteroatoms. The van der Waals surface area contributed by atoms with E-state index in [0.717, 1.165) is 0 Å². The van der Waals surface area contributed by atoms with Crippen molar-refractivity contribution in [1.29, 1.82) is 0 Å². The molecule has 0 N–H and O–H groups in total. The van der Waals surface area contributed by atoms with Crippen molar-refractivity contribution in [3.8, 4) is 0 Å². The van der Waals surface area contributed by atoms with Crippen LogP contribution in [0.2, 0.25) is 0 Å². The maximum absolute atomic E-state index is 11.8. The second-order valence-electron chi connectivity index (χ2n) is 2.60. The molecule has 0 saturated carbocycles. The van der Waals surface area contributed by atoms with Gasteiger partial charge in [-0.2, -0.15) is 30.0 Å². The zero-order valence-electron chi connectivity index (χ0n) is 7.30. The lowest BCUT2D eigenvalue weighted by Crippen LogP contribution is -2.29. The van der Waals surface area contributed by atoms with E-state index in [1.54, 1.807) is 0 Å². The van der Waals surface area contributed by atoms with Crippen molar-refractivity contribution >= 4 is 20.5 Å². The SMILES string of the molecule is O=S1(=O)OCC(COS(=O)(=O)C(F)(F)F)O1. The van der Waals surface area contributed by atoms with Gasteiger partial charge in [0.25, 0.3) is 0 Å². The fourth-order valence-corrected chi connectivity index (χ4v) is 1.97. The van der Waals surface area contributed by atoms with Gasteiger partial charge < -0.3 is 0 Å². The van der Waals surface area contributed by atoms with Gasteiger partial charge in [0, 0.05) is 0 Å². The van der Waals surface area contributed by atoms with Crippen LogP contribution in [0.15, 0.2) is 0 Å². The summed E-state index contributed by atoms with van der Waals surface area (Å²) >= 11 is 0. The Balaban J connectivity index is 2.55. The zero-order valence-corrected chi connectivity index (χ0v) is 8.93. The molecule has 1 fully saturated rings. The smallest absolute Gasteiger partial charge is 0.260 e. The maximum atomic E-state index is 11.8. The zero-order chi connectivity index (χ0) is 12.6. The first kappa shape index (κ1) is 13.6.